The van der Waals surface area contributed by atoms with Crippen LogP contribution in [0.2, 0.25) is 0 Å². The van der Waals surface area contributed by atoms with Gasteiger partial charge in [0.25, 0.3) is 0 Å². The van der Waals surface area contributed by atoms with Crippen molar-refractivity contribution in [3.05, 3.63) is 10.6 Å². The minimum absolute atomic E-state index is 0.121. The summed E-state index contributed by atoms with van der Waals surface area (Å²) in [6.07, 6.45) is 1.82. The van der Waals surface area contributed by atoms with Crippen LogP contribution in [0.5, 0.6) is 0 Å². The number of halogens is 2. The van der Waals surface area contributed by atoms with Gasteiger partial charge in [0.05, 0.1) is 6.61 Å². The first-order chi connectivity index (χ1) is 5.16. The fraction of sp³-hybridized carbons (Fsp3) is 0.500. The first kappa shape index (κ1) is 10.8. The molecule has 0 aliphatic rings. The van der Waals surface area contributed by atoms with E-state index >= 15 is 0 Å². The van der Waals surface area contributed by atoms with Crippen LogP contribution >= 0.6 is 23.2 Å². The molecule has 0 aromatic heterocycles. The zero-order valence-electron chi connectivity index (χ0n) is 6.06. The Bertz CT molecular complexity index is 155. The van der Waals surface area contributed by atoms with E-state index in [0.717, 1.165) is 0 Å². The maximum absolute atomic E-state index is 10.5. The average Bonchev–Trinajstić information content (AvgIpc) is 1.97. The van der Waals surface area contributed by atoms with Gasteiger partial charge in [-0.2, -0.15) is 0 Å². The molecule has 64 valence electrons. The maximum atomic E-state index is 10.5. The van der Waals surface area contributed by atoms with E-state index in [9.17, 15) is 4.79 Å². The third-order valence-corrected chi connectivity index (χ3v) is 1.14. The number of rotatable bonds is 4. The van der Waals surface area contributed by atoms with Crippen molar-refractivity contribution < 1.29 is 9.63 Å². The highest BCUT2D eigenvalue weighted by molar-refractivity contribution is 6.55. The van der Waals surface area contributed by atoms with Gasteiger partial charge in [-0.15, -0.1) is 0 Å². The lowest BCUT2D eigenvalue weighted by Crippen LogP contribution is -2.22. The molecule has 0 aromatic rings. The molecule has 0 aromatic carbocycles. The quantitative estimate of drug-likeness (QED) is 0.552. The van der Waals surface area contributed by atoms with Crippen molar-refractivity contribution in [3.8, 4) is 0 Å². The standard InChI is InChI=1S/C6H9Cl2NO2/c1-2-6(10)9-11-4-3-5(7)8/h3H,2,4H2,1H3,(H,9,10). The molecule has 0 radical (unpaired) electrons. The number of hydroxylamine groups is 1. The Labute approximate surface area is 75.3 Å². The highest BCUT2D eigenvalue weighted by Crippen LogP contribution is 2.04. The Kier molecular flexibility index (Phi) is 6.31. The topological polar surface area (TPSA) is 38.3 Å². The summed E-state index contributed by atoms with van der Waals surface area (Å²) < 4.78 is 0.121. The van der Waals surface area contributed by atoms with E-state index in [2.05, 4.69) is 10.3 Å². The molecule has 0 saturated carbocycles. The normalized spacial score (nSPS) is 9.00. The van der Waals surface area contributed by atoms with Crippen molar-refractivity contribution in [1.29, 1.82) is 0 Å². The van der Waals surface area contributed by atoms with E-state index in [0.29, 0.717) is 6.42 Å². The van der Waals surface area contributed by atoms with Crippen LogP contribution in [-0.2, 0) is 9.63 Å². The van der Waals surface area contributed by atoms with Crippen LogP contribution in [0.25, 0.3) is 0 Å². The zero-order chi connectivity index (χ0) is 8.69. The van der Waals surface area contributed by atoms with Gasteiger partial charge in [-0.25, -0.2) is 5.48 Å². The first-order valence-corrected chi connectivity index (χ1v) is 3.84. The summed E-state index contributed by atoms with van der Waals surface area (Å²) in [6.45, 7) is 1.90. The van der Waals surface area contributed by atoms with Gasteiger partial charge in [-0.05, 0) is 6.08 Å². The van der Waals surface area contributed by atoms with E-state index in [1.807, 2.05) is 0 Å². The van der Waals surface area contributed by atoms with Crippen molar-refractivity contribution in [2.24, 2.45) is 0 Å². The number of carbonyl (C=O) groups is 1. The van der Waals surface area contributed by atoms with Crippen LogP contribution < -0.4 is 5.48 Å². The maximum Gasteiger partial charge on any atom is 0.243 e. The second-order valence-corrected chi connectivity index (χ2v) is 2.69. The molecule has 0 rings (SSSR count). The van der Waals surface area contributed by atoms with Gasteiger partial charge >= 0.3 is 0 Å². The number of nitrogens with one attached hydrogen (secondary N) is 1. The molecular formula is C6H9Cl2NO2. The molecule has 1 N–H and O–H groups in total. The molecule has 0 aliphatic carbocycles. The second-order valence-electron chi connectivity index (χ2n) is 1.68. The van der Waals surface area contributed by atoms with E-state index in [-0.39, 0.29) is 17.0 Å². The first-order valence-electron chi connectivity index (χ1n) is 3.08. The van der Waals surface area contributed by atoms with Crippen molar-refractivity contribution >= 4 is 29.1 Å². The average molecular weight is 198 g/mol. The van der Waals surface area contributed by atoms with Crippen LogP contribution in [0, 0.1) is 0 Å². The van der Waals surface area contributed by atoms with Gasteiger partial charge in [0.15, 0.2) is 0 Å². The van der Waals surface area contributed by atoms with Crippen molar-refractivity contribution in [2.45, 2.75) is 13.3 Å². The van der Waals surface area contributed by atoms with Gasteiger partial charge in [0, 0.05) is 6.42 Å². The fourth-order valence-corrected chi connectivity index (χ4v) is 0.425. The lowest BCUT2D eigenvalue weighted by Gasteiger charge is -1.99. The van der Waals surface area contributed by atoms with Crippen molar-refractivity contribution in [3.63, 3.8) is 0 Å². The molecule has 0 bridgehead atoms. The summed E-state index contributed by atoms with van der Waals surface area (Å²) in [5.74, 6) is -0.177. The Morgan fingerprint density at radius 1 is 1.64 bits per heavy atom. The minimum Gasteiger partial charge on any atom is -0.273 e. The Balaban J connectivity index is 3.28. The van der Waals surface area contributed by atoms with Gasteiger partial charge in [0.1, 0.15) is 4.49 Å². The Hall–Kier alpha value is -0.250. The molecule has 5 heteroatoms. The third kappa shape index (κ3) is 7.65. The molecule has 0 aliphatic heterocycles. The van der Waals surface area contributed by atoms with E-state index in [1.54, 1.807) is 6.92 Å². The summed E-state index contributed by atoms with van der Waals surface area (Å²) in [6, 6.07) is 0. The SMILES string of the molecule is CCC(=O)NOCC=C(Cl)Cl. The largest absolute Gasteiger partial charge is 0.273 e. The van der Waals surface area contributed by atoms with E-state index in [1.165, 1.54) is 6.08 Å². The summed E-state index contributed by atoms with van der Waals surface area (Å²) in [5.41, 5.74) is 2.19. The molecule has 0 unspecified atom stereocenters. The van der Waals surface area contributed by atoms with Gasteiger partial charge < -0.3 is 0 Å². The number of amides is 1. The molecule has 3 nitrogen and oxygen atoms in total. The molecule has 0 fully saturated rings. The highest BCUT2D eigenvalue weighted by Gasteiger charge is 1.93. The van der Waals surface area contributed by atoms with Crippen molar-refractivity contribution in [1.82, 2.24) is 5.48 Å². The van der Waals surface area contributed by atoms with Crippen LogP contribution in [-0.4, -0.2) is 12.5 Å². The van der Waals surface area contributed by atoms with Crippen LogP contribution in [0.1, 0.15) is 13.3 Å². The highest BCUT2D eigenvalue weighted by atomic mass is 35.5. The molecule has 11 heavy (non-hydrogen) atoms. The number of hydrogen-bond donors (Lipinski definition) is 1. The number of hydrogen-bond acceptors (Lipinski definition) is 2. The summed E-state index contributed by atoms with van der Waals surface area (Å²) in [4.78, 5) is 15.2. The monoisotopic (exact) mass is 197 g/mol. The molecule has 0 saturated heterocycles. The predicted molar refractivity (Wildman–Crippen MR) is 44.2 cm³/mol. The smallest absolute Gasteiger partial charge is 0.243 e. The summed E-state index contributed by atoms with van der Waals surface area (Å²) in [7, 11) is 0. The molecule has 0 spiro atoms. The third-order valence-electron chi connectivity index (χ3n) is 0.828. The van der Waals surface area contributed by atoms with Gasteiger partial charge in [-0.3, -0.25) is 9.63 Å². The predicted octanol–water partition coefficient (Wildman–Crippen LogP) is 1.76. The Morgan fingerprint density at radius 2 is 2.27 bits per heavy atom. The van der Waals surface area contributed by atoms with Crippen LogP contribution in [0.3, 0.4) is 0 Å². The van der Waals surface area contributed by atoms with Crippen molar-refractivity contribution in [2.75, 3.05) is 6.61 Å². The Morgan fingerprint density at radius 3 is 2.73 bits per heavy atom. The molecular weight excluding hydrogens is 189 g/mol. The van der Waals surface area contributed by atoms with Gasteiger partial charge in [0.2, 0.25) is 5.91 Å². The molecule has 1 amide bonds. The van der Waals surface area contributed by atoms with E-state index < -0.39 is 0 Å². The lowest BCUT2D eigenvalue weighted by atomic mass is 10.5. The minimum atomic E-state index is -0.177. The van der Waals surface area contributed by atoms with Crippen LogP contribution in [0.15, 0.2) is 10.6 Å². The summed E-state index contributed by atoms with van der Waals surface area (Å²) >= 11 is 10.5. The molecule has 0 atom stereocenters. The summed E-state index contributed by atoms with van der Waals surface area (Å²) in [5, 5.41) is 0. The van der Waals surface area contributed by atoms with E-state index in [4.69, 9.17) is 23.2 Å². The van der Waals surface area contributed by atoms with Crippen LogP contribution in [0.4, 0.5) is 0 Å². The second kappa shape index (κ2) is 6.46. The molecule has 0 heterocycles. The zero-order valence-corrected chi connectivity index (χ0v) is 7.58. The number of carbonyl (C=O) groups excluding carboxylic acids is 1. The lowest BCUT2D eigenvalue weighted by molar-refractivity contribution is -0.132. The fourth-order valence-electron chi connectivity index (χ4n) is 0.299. The van der Waals surface area contributed by atoms with Gasteiger partial charge in [-0.1, -0.05) is 30.1 Å².